The number of hydrogen-bond acceptors (Lipinski definition) is 2. The number of ether oxygens (including phenoxy) is 1. The smallest absolute Gasteiger partial charge is 0.268 e. The van der Waals surface area contributed by atoms with Gasteiger partial charge in [-0.3, -0.25) is 4.57 Å². The Hall–Kier alpha value is -6.55. The van der Waals surface area contributed by atoms with E-state index < -0.39 is 13.7 Å². The zero-order chi connectivity index (χ0) is 55.4. The number of aromatic nitrogens is 4. The number of benzene rings is 7. The summed E-state index contributed by atoms with van der Waals surface area (Å²) in [5.41, 5.74) is 13.4. The van der Waals surface area contributed by atoms with E-state index in [1.54, 1.807) is 4.57 Å². The Morgan fingerprint density at radius 1 is 0.528 bits per heavy atom. The minimum Gasteiger partial charge on any atom is -0.510 e. The first-order chi connectivity index (χ1) is 35.9. The maximum atomic E-state index is 8.27. The van der Waals surface area contributed by atoms with Gasteiger partial charge in [0.05, 0.1) is 16.7 Å². The Bertz CT molecular complexity index is 3770. The first kappa shape index (κ1) is 43.1. The van der Waals surface area contributed by atoms with E-state index >= 15 is 0 Å². The summed E-state index contributed by atoms with van der Waals surface area (Å²) in [5.74, 6) is 1.07. The van der Waals surface area contributed by atoms with Crippen molar-refractivity contribution in [3.05, 3.63) is 198 Å². The van der Waals surface area contributed by atoms with Gasteiger partial charge in [-0.05, 0) is 114 Å². The van der Waals surface area contributed by atoms with Crippen molar-refractivity contribution in [2.75, 3.05) is 0 Å². The second kappa shape index (κ2) is 18.5. The van der Waals surface area contributed by atoms with Gasteiger partial charge in [0.2, 0.25) is 0 Å². The van der Waals surface area contributed by atoms with Gasteiger partial charge in [-0.25, -0.2) is 4.98 Å². The summed E-state index contributed by atoms with van der Waals surface area (Å²) >= 11 is 0. The van der Waals surface area contributed by atoms with Gasteiger partial charge in [-0.2, -0.15) is 18.2 Å². The molecule has 72 heavy (non-hydrogen) atoms. The molecule has 0 aliphatic carbocycles. The molecule has 0 unspecified atom stereocenters. The molecule has 10 aromatic rings. The molecular weight excluding hydrogens is 1060 g/mol. The van der Waals surface area contributed by atoms with Gasteiger partial charge in [0, 0.05) is 52.5 Å². The summed E-state index contributed by atoms with van der Waals surface area (Å²) in [6.07, 6.45) is 5.01. The molecule has 0 radical (unpaired) electrons. The van der Waals surface area contributed by atoms with E-state index in [4.69, 9.17) is 13.0 Å². The summed E-state index contributed by atoms with van der Waals surface area (Å²) < 4.78 is 61.7. The van der Waals surface area contributed by atoms with E-state index in [0.29, 0.717) is 22.7 Å². The van der Waals surface area contributed by atoms with Crippen molar-refractivity contribution >= 4 is 32.8 Å². The molecule has 6 heteroatoms. The molecule has 7 aromatic carbocycles. The molecule has 0 saturated heterocycles. The van der Waals surface area contributed by atoms with Crippen LogP contribution in [0.3, 0.4) is 0 Å². The second-order valence-electron chi connectivity index (χ2n) is 23.1. The summed E-state index contributed by atoms with van der Waals surface area (Å²) in [4.78, 5) is 4.55. The molecule has 0 aliphatic heterocycles. The molecule has 0 bridgehead atoms. The van der Waals surface area contributed by atoms with Gasteiger partial charge in [-0.15, -0.1) is 29.7 Å². The van der Waals surface area contributed by atoms with E-state index in [1.165, 1.54) is 28.3 Å². The van der Waals surface area contributed by atoms with E-state index in [0.717, 1.165) is 61.5 Å². The molecule has 0 saturated carbocycles. The number of hydrogen-bond donors (Lipinski definition) is 0. The average molecular weight is 1130 g/mol. The SMILES string of the molecule is [2H]C([2H])([2H])c1cnc(-n2c3[c-]c(Oc4[c-]c(-n5[c-][n+](-c6c(-c7cc(C(C)(C)C)cc(C(C)(C)C)c7)cccc6-c6cc(C(C)(C)C)cc(C(C)(C)C)c6)c6ccccc65)ccc4)ccc3c3ccccc32)cc1C([2H])([2H])[2H].[Pt]. The zero-order valence-electron chi connectivity index (χ0n) is 49.4. The molecule has 368 valence electrons. The first-order valence-corrected chi connectivity index (χ1v) is 24.5. The van der Waals surface area contributed by atoms with Crippen molar-refractivity contribution in [1.82, 2.24) is 14.1 Å². The van der Waals surface area contributed by atoms with Gasteiger partial charge < -0.3 is 13.9 Å². The molecule has 3 heterocycles. The van der Waals surface area contributed by atoms with E-state index in [2.05, 4.69) is 184 Å². The number of imidazole rings is 1. The van der Waals surface area contributed by atoms with Gasteiger partial charge in [0.1, 0.15) is 5.82 Å². The van der Waals surface area contributed by atoms with Crippen molar-refractivity contribution in [3.8, 4) is 50.9 Å². The second-order valence-corrected chi connectivity index (χ2v) is 23.1. The van der Waals surface area contributed by atoms with E-state index in [9.17, 15) is 0 Å². The number of aryl methyl sites for hydroxylation is 2. The van der Waals surface area contributed by atoms with E-state index in [-0.39, 0.29) is 59.7 Å². The molecule has 10 rings (SSSR count). The molecule has 5 nitrogen and oxygen atoms in total. The quantitative estimate of drug-likeness (QED) is 0.118. The van der Waals surface area contributed by atoms with Crippen LogP contribution in [-0.2, 0) is 42.7 Å². The molecule has 0 N–H and O–H groups in total. The fourth-order valence-electron chi connectivity index (χ4n) is 9.44. The van der Waals surface area contributed by atoms with Gasteiger partial charge in [0.15, 0.2) is 0 Å². The standard InChI is InChI=1S/C66H66N4O.Pt/c1-42-31-61(67-40-43(42)2)70-57-26-16-15-23-55(57)56-30-29-52(39-60(56)70)71-51-22-19-21-50(38-51)68-41-69(59-28-18-17-27-58(59)68)62-53(44-32-46(63(3,4)5)36-47(33-44)64(6,7)8)24-20-25-54(62)45-34-48(65(9,10)11)37-49(35-45)66(12,13)14;/h15-37,40H,1-14H3;/q-2;/i1D3,2D3;. The number of nitrogens with zero attached hydrogens (tertiary/aromatic N) is 4. The Labute approximate surface area is 450 Å². The normalized spacial score (nSPS) is 14.1. The molecule has 0 fully saturated rings. The van der Waals surface area contributed by atoms with Crippen LogP contribution in [0.1, 0.15) is 125 Å². The molecular formula is C66H66N4OPt-2. The summed E-state index contributed by atoms with van der Waals surface area (Å²) in [6, 6.07) is 55.0. The monoisotopic (exact) mass is 1130 g/mol. The van der Waals surface area contributed by atoms with Gasteiger partial charge in [-0.1, -0.05) is 186 Å². The van der Waals surface area contributed by atoms with Crippen LogP contribution in [0.25, 0.3) is 72.3 Å². The predicted molar refractivity (Wildman–Crippen MR) is 295 cm³/mol. The Morgan fingerprint density at radius 3 is 1.65 bits per heavy atom. The molecule has 0 spiro atoms. The van der Waals surface area contributed by atoms with Crippen LogP contribution in [-0.4, -0.2) is 14.1 Å². The van der Waals surface area contributed by atoms with Crippen molar-refractivity contribution in [2.45, 2.75) is 118 Å². The Morgan fingerprint density at radius 2 is 1.07 bits per heavy atom. The number of pyridine rings is 1. The van der Waals surface area contributed by atoms with Crippen LogP contribution in [0.15, 0.2) is 146 Å². The van der Waals surface area contributed by atoms with Crippen LogP contribution in [0.5, 0.6) is 11.5 Å². The van der Waals surface area contributed by atoms with Crippen molar-refractivity contribution in [3.63, 3.8) is 0 Å². The molecule has 0 atom stereocenters. The third-order valence-electron chi connectivity index (χ3n) is 13.7. The summed E-state index contributed by atoms with van der Waals surface area (Å²) in [6.45, 7) is 22.0. The Balaban J connectivity index is 0.00000740. The largest absolute Gasteiger partial charge is 0.510 e. The minimum atomic E-state index is -2.70. The van der Waals surface area contributed by atoms with Crippen LogP contribution in [0.2, 0.25) is 0 Å². The maximum Gasteiger partial charge on any atom is 0.268 e. The van der Waals surface area contributed by atoms with Crippen molar-refractivity contribution < 1.29 is 38.6 Å². The Kier molecular flexibility index (Phi) is 11.1. The topological polar surface area (TPSA) is 35.9 Å². The number of rotatable bonds is 7. The first-order valence-electron chi connectivity index (χ1n) is 27.5. The van der Waals surface area contributed by atoms with Crippen LogP contribution < -0.4 is 9.30 Å². The predicted octanol–water partition coefficient (Wildman–Crippen LogP) is 16.7. The minimum absolute atomic E-state index is 0. The fourth-order valence-corrected chi connectivity index (χ4v) is 9.44. The van der Waals surface area contributed by atoms with Crippen LogP contribution in [0.4, 0.5) is 0 Å². The van der Waals surface area contributed by atoms with Crippen LogP contribution in [0, 0.1) is 32.2 Å². The summed E-state index contributed by atoms with van der Waals surface area (Å²) in [5, 5.41) is 1.72. The number of para-hydroxylation sites is 4. The molecule has 3 aromatic heterocycles. The van der Waals surface area contributed by atoms with E-state index in [1.807, 2.05) is 65.2 Å². The fraction of sp³-hybridized carbons (Fsp3) is 0.273. The number of fused-ring (bicyclic) bond motifs is 4. The zero-order valence-corrected chi connectivity index (χ0v) is 45.6. The summed E-state index contributed by atoms with van der Waals surface area (Å²) in [7, 11) is 0. The average Bonchev–Trinajstić information content (AvgIpc) is 4.13. The van der Waals surface area contributed by atoms with Gasteiger partial charge in [0.25, 0.3) is 6.33 Å². The van der Waals surface area contributed by atoms with Crippen LogP contribution >= 0.6 is 0 Å². The van der Waals surface area contributed by atoms with Gasteiger partial charge >= 0.3 is 0 Å². The van der Waals surface area contributed by atoms with Crippen molar-refractivity contribution in [2.24, 2.45) is 0 Å². The third-order valence-corrected chi connectivity index (χ3v) is 13.7. The molecule has 0 aliphatic rings. The maximum absolute atomic E-state index is 8.27. The third kappa shape index (κ3) is 9.49. The van der Waals surface area contributed by atoms with Crippen molar-refractivity contribution in [1.29, 1.82) is 0 Å². The molecule has 0 amide bonds.